The van der Waals surface area contributed by atoms with E-state index in [-0.39, 0.29) is 18.4 Å². The molecule has 2 aromatic carbocycles. The highest BCUT2D eigenvalue weighted by atomic mass is 32.2. The van der Waals surface area contributed by atoms with Gasteiger partial charge in [0, 0.05) is 36.7 Å². The van der Waals surface area contributed by atoms with Crippen molar-refractivity contribution in [3.05, 3.63) is 76.4 Å². The fourth-order valence-corrected chi connectivity index (χ4v) is 8.43. The molecule has 252 valence electrons. The summed E-state index contributed by atoms with van der Waals surface area (Å²) < 4.78 is 17.9. The summed E-state index contributed by atoms with van der Waals surface area (Å²) in [7, 11) is 3.17. The molecule has 1 saturated heterocycles. The normalized spacial score (nSPS) is 21.5. The second kappa shape index (κ2) is 14.9. The van der Waals surface area contributed by atoms with Crippen LogP contribution in [0.15, 0.2) is 63.9 Å². The third-order valence-corrected chi connectivity index (χ3v) is 10.7. The first-order valence-corrected chi connectivity index (χ1v) is 17.4. The predicted octanol–water partition coefficient (Wildman–Crippen LogP) is 6.28. The maximum atomic E-state index is 13.7. The van der Waals surface area contributed by atoms with Crippen LogP contribution in [0.25, 0.3) is 17.4 Å². The monoisotopic (exact) mass is 689 g/mol. The second-order valence-electron chi connectivity index (χ2n) is 12.5. The van der Waals surface area contributed by atoms with Crippen LogP contribution in [0.5, 0.6) is 11.5 Å². The van der Waals surface area contributed by atoms with E-state index >= 15 is 0 Å². The Morgan fingerprint density at radius 2 is 1.85 bits per heavy atom. The molecule has 0 spiro atoms. The second-order valence-corrected chi connectivity index (χ2v) is 14.2. The van der Waals surface area contributed by atoms with Crippen molar-refractivity contribution in [1.82, 2.24) is 15.5 Å². The summed E-state index contributed by atoms with van der Waals surface area (Å²) in [6, 6.07) is 15.9. The molecule has 0 radical (unpaired) electrons. The summed E-state index contributed by atoms with van der Waals surface area (Å²) in [6.45, 7) is 0.310. The van der Waals surface area contributed by atoms with Gasteiger partial charge in [0.25, 0.3) is 5.91 Å². The number of carbonyl (C=O) groups excluding carboxylic acids is 2. The number of rotatable bonds is 13. The van der Waals surface area contributed by atoms with Crippen LogP contribution in [0, 0.1) is 11.8 Å². The van der Waals surface area contributed by atoms with Gasteiger partial charge in [0.1, 0.15) is 33.4 Å². The number of carbonyl (C=O) groups is 3. The Hall–Kier alpha value is -4.29. The molecule has 2 saturated carbocycles. The molecule has 3 N–H and O–H groups in total. The zero-order valence-corrected chi connectivity index (χ0v) is 28.5. The SMILES string of the molecule is COc1cc(OC)cc(-c2cc(CCCNC(=O)[C@H](Cc3ccccc3)NC(=O)O)c(C=C3SC(=S)N(C4CC5CCC4C5)C3=O)o2)c1. The summed E-state index contributed by atoms with van der Waals surface area (Å²) >= 11 is 7.03. The first kappa shape index (κ1) is 33.6. The number of methoxy groups -OCH3 is 2. The lowest BCUT2D eigenvalue weighted by molar-refractivity contribution is -0.124. The largest absolute Gasteiger partial charge is 0.497 e. The van der Waals surface area contributed by atoms with Crippen LogP contribution >= 0.6 is 24.0 Å². The number of nitrogens with one attached hydrogen (secondary N) is 2. The molecule has 3 aliphatic rings. The van der Waals surface area contributed by atoms with Gasteiger partial charge in [0.05, 0.1) is 19.1 Å². The Balaban J connectivity index is 1.20. The molecular formula is C36H39N3O7S2. The third kappa shape index (κ3) is 7.55. The van der Waals surface area contributed by atoms with E-state index < -0.39 is 18.0 Å². The number of amides is 3. The van der Waals surface area contributed by atoms with Gasteiger partial charge in [0.2, 0.25) is 5.91 Å². The summed E-state index contributed by atoms with van der Waals surface area (Å²) in [5.41, 5.74) is 2.45. The quantitative estimate of drug-likeness (QED) is 0.108. The molecule has 2 bridgehead atoms. The van der Waals surface area contributed by atoms with Gasteiger partial charge >= 0.3 is 6.09 Å². The van der Waals surface area contributed by atoms with Crippen molar-refractivity contribution in [2.45, 2.75) is 57.0 Å². The van der Waals surface area contributed by atoms with E-state index in [2.05, 4.69) is 10.6 Å². The summed E-state index contributed by atoms with van der Waals surface area (Å²) in [5.74, 6) is 3.06. The molecule has 1 aliphatic heterocycles. The highest BCUT2D eigenvalue weighted by Crippen LogP contribution is 2.49. The van der Waals surface area contributed by atoms with E-state index in [0.29, 0.717) is 63.5 Å². The number of thiocarbonyl (C=S) groups is 1. The summed E-state index contributed by atoms with van der Waals surface area (Å²) in [5, 5.41) is 14.5. The van der Waals surface area contributed by atoms with Crippen LogP contribution < -0.4 is 20.1 Å². The van der Waals surface area contributed by atoms with Crippen molar-refractivity contribution in [2.75, 3.05) is 20.8 Å². The lowest BCUT2D eigenvalue weighted by Crippen LogP contribution is -2.47. The van der Waals surface area contributed by atoms with Gasteiger partial charge in [-0.15, -0.1) is 0 Å². The molecule has 12 heteroatoms. The number of hydrogen-bond donors (Lipinski definition) is 3. The Kier molecular flexibility index (Phi) is 10.4. The van der Waals surface area contributed by atoms with Gasteiger partial charge in [-0.05, 0) is 73.3 Å². The zero-order chi connectivity index (χ0) is 33.8. The Morgan fingerprint density at radius 3 is 2.50 bits per heavy atom. The van der Waals surface area contributed by atoms with Crippen LogP contribution in [0.4, 0.5) is 4.79 Å². The number of thioether (sulfide) groups is 1. The maximum Gasteiger partial charge on any atom is 0.405 e. The van der Waals surface area contributed by atoms with Gasteiger partial charge in [0.15, 0.2) is 0 Å². The number of ether oxygens (including phenoxy) is 2. The minimum absolute atomic E-state index is 0.0721. The molecule has 2 heterocycles. The Bertz CT molecular complexity index is 1700. The molecule has 3 fully saturated rings. The van der Waals surface area contributed by atoms with Gasteiger partial charge in [-0.3, -0.25) is 14.5 Å². The van der Waals surface area contributed by atoms with Crippen LogP contribution in [0.1, 0.15) is 49.0 Å². The Labute approximate surface area is 289 Å². The van der Waals surface area contributed by atoms with Crippen molar-refractivity contribution in [1.29, 1.82) is 0 Å². The number of furan rings is 1. The standard InChI is InChI=1S/C36H39N3O7S2/c1-44-26-16-25(17-27(19-26)45-2)30-18-24(9-6-12-37-33(40)28(38-35(42)43)14-21-7-4-3-5-8-21)31(46-30)20-32-34(41)39(36(47)48-32)29-15-22-10-11-23(29)13-22/h3-5,7-8,16-20,22-23,28-29,38H,6,9-15H2,1-2H3,(H,37,40)(H,42,43)/t22?,23?,28-,29?/m0/s1. The number of nitrogens with zero attached hydrogens (tertiary/aromatic N) is 1. The minimum atomic E-state index is -1.26. The number of fused-ring (bicyclic) bond motifs is 2. The van der Waals surface area contributed by atoms with Crippen molar-refractivity contribution in [3.63, 3.8) is 0 Å². The van der Waals surface area contributed by atoms with Crippen LogP contribution in [-0.2, 0) is 22.4 Å². The predicted molar refractivity (Wildman–Crippen MR) is 188 cm³/mol. The molecule has 4 atom stereocenters. The van der Waals surface area contributed by atoms with E-state index in [1.54, 1.807) is 26.4 Å². The fourth-order valence-electron chi connectivity index (χ4n) is 7.09. The van der Waals surface area contributed by atoms with Crippen molar-refractivity contribution in [2.24, 2.45) is 11.8 Å². The first-order chi connectivity index (χ1) is 23.2. The minimum Gasteiger partial charge on any atom is -0.497 e. The van der Waals surface area contributed by atoms with Crippen molar-refractivity contribution < 1.29 is 33.4 Å². The average molecular weight is 690 g/mol. The average Bonchev–Trinajstić information content (AvgIpc) is 3.87. The van der Waals surface area contributed by atoms with E-state index in [1.165, 1.54) is 24.6 Å². The van der Waals surface area contributed by atoms with Gasteiger partial charge in [-0.2, -0.15) is 0 Å². The smallest absolute Gasteiger partial charge is 0.405 e. The van der Waals surface area contributed by atoms with Crippen molar-refractivity contribution in [3.8, 4) is 22.8 Å². The van der Waals surface area contributed by atoms with Crippen LogP contribution in [0.3, 0.4) is 0 Å². The molecule has 10 nitrogen and oxygen atoms in total. The van der Waals surface area contributed by atoms with Gasteiger partial charge in [-0.25, -0.2) is 4.79 Å². The summed E-state index contributed by atoms with van der Waals surface area (Å²) in [4.78, 5) is 40.5. The van der Waals surface area contributed by atoms with Crippen molar-refractivity contribution >= 4 is 52.3 Å². The molecule has 1 aromatic heterocycles. The molecule has 3 amide bonds. The molecular weight excluding hydrogens is 651 g/mol. The number of aryl methyl sites for hydroxylation is 1. The lowest BCUT2D eigenvalue weighted by atomic mass is 9.94. The first-order valence-electron chi connectivity index (χ1n) is 16.2. The maximum absolute atomic E-state index is 13.7. The van der Waals surface area contributed by atoms with E-state index in [0.717, 1.165) is 29.5 Å². The molecule has 3 unspecified atom stereocenters. The van der Waals surface area contributed by atoms with Crippen LogP contribution in [-0.4, -0.2) is 65.1 Å². The Morgan fingerprint density at radius 1 is 1.10 bits per heavy atom. The van der Waals surface area contributed by atoms with Crippen LogP contribution in [0.2, 0.25) is 0 Å². The number of hydrogen-bond acceptors (Lipinski definition) is 8. The topological polar surface area (TPSA) is 130 Å². The van der Waals surface area contributed by atoms with Gasteiger partial charge < -0.3 is 29.6 Å². The zero-order valence-electron chi connectivity index (χ0n) is 26.9. The van der Waals surface area contributed by atoms with E-state index in [1.807, 2.05) is 53.4 Å². The number of carboxylic acid groups (broad SMARTS) is 1. The highest BCUT2D eigenvalue weighted by Gasteiger charge is 2.48. The molecule has 48 heavy (non-hydrogen) atoms. The van der Waals surface area contributed by atoms with E-state index in [4.69, 9.17) is 26.1 Å². The molecule has 6 rings (SSSR count). The van der Waals surface area contributed by atoms with Gasteiger partial charge in [-0.1, -0.05) is 60.7 Å². The third-order valence-electron chi connectivity index (χ3n) is 9.41. The molecule has 3 aromatic rings. The van der Waals surface area contributed by atoms with E-state index in [9.17, 15) is 19.5 Å². The number of benzene rings is 2. The highest BCUT2D eigenvalue weighted by molar-refractivity contribution is 8.26. The molecule has 2 aliphatic carbocycles. The fraction of sp³-hybridized carbons (Fsp3) is 0.389. The summed E-state index contributed by atoms with van der Waals surface area (Å²) in [6.07, 6.45) is 6.41. The lowest BCUT2D eigenvalue weighted by Gasteiger charge is -2.30.